The first kappa shape index (κ1) is 18.0. The fourth-order valence-corrected chi connectivity index (χ4v) is 2.46. The molecule has 0 unspecified atom stereocenters. The summed E-state index contributed by atoms with van der Waals surface area (Å²) in [4.78, 5) is 2.56. The van der Waals surface area contributed by atoms with E-state index in [1.165, 1.54) is 55.6 Å². The number of nitrogens with zero attached hydrogens (tertiary/aromatic N) is 1. The summed E-state index contributed by atoms with van der Waals surface area (Å²) in [5, 5.41) is 3.51. The molecule has 0 heterocycles. The van der Waals surface area contributed by atoms with Crippen molar-refractivity contribution in [2.24, 2.45) is 0 Å². The van der Waals surface area contributed by atoms with Gasteiger partial charge in [0, 0.05) is 31.4 Å². The van der Waals surface area contributed by atoms with Gasteiger partial charge in [0.25, 0.3) is 0 Å². The summed E-state index contributed by atoms with van der Waals surface area (Å²) in [6.45, 7) is 14.5. The van der Waals surface area contributed by atoms with E-state index < -0.39 is 0 Å². The summed E-state index contributed by atoms with van der Waals surface area (Å²) >= 11 is 0. The molecule has 120 valence electrons. The Hall–Kier alpha value is -1.02. The molecule has 0 amide bonds. The number of benzene rings is 1. The van der Waals surface area contributed by atoms with Crippen LogP contribution in [0, 0.1) is 6.92 Å². The monoisotopic (exact) mass is 290 g/mol. The molecule has 0 fully saturated rings. The summed E-state index contributed by atoms with van der Waals surface area (Å²) in [5.74, 6) is 0. The molecule has 2 heteroatoms. The second-order valence-electron chi connectivity index (χ2n) is 6.34. The molecule has 0 saturated carbocycles. The van der Waals surface area contributed by atoms with E-state index in [1.54, 1.807) is 0 Å². The van der Waals surface area contributed by atoms with Gasteiger partial charge in [-0.25, -0.2) is 0 Å². The van der Waals surface area contributed by atoms with Crippen LogP contribution >= 0.6 is 0 Å². The van der Waals surface area contributed by atoms with Crippen LogP contribution in [0.4, 0.5) is 5.69 Å². The van der Waals surface area contributed by atoms with Crippen molar-refractivity contribution in [2.75, 3.05) is 18.0 Å². The van der Waals surface area contributed by atoms with Crippen LogP contribution in [-0.4, -0.2) is 19.1 Å². The Morgan fingerprint density at radius 2 is 1.67 bits per heavy atom. The Bertz CT molecular complexity index is 391. The van der Waals surface area contributed by atoms with E-state index in [-0.39, 0.29) is 0 Å². The van der Waals surface area contributed by atoms with Crippen LogP contribution in [0.2, 0.25) is 0 Å². The molecule has 21 heavy (non-hydrogen) atoms. The van der Waals surface area contributed by atoms with Crippen molar-refractivity contribution < 1.29 is 0 Å². The Morgan fingerprint density at radius 1 is 1.05 bits per heavy atom. The first-order chi connectivity index (χ1) is 10.1. The van der Waals surface area contributed by atoms with E-state index in [0.717, 1.165) is 6.54 Å². The molecule has 0 spiro atoms. The van der Waals surface area contributed by atoms with Gasteiger partial charge in [-0.2, -0.15) is 0 Å². The fourth-order valence-electron chi connectivity index (χ4n) is 2.46. The van der Waals surface area contributed by atoms with Crippen LogP contribution in [-0.2, 0) is 6.54 Å². The molecule has 2 nitrogen and oxygen atoms in total. The molecule has 0 aliphatic carbocycles. The fraction of sp³-hybridized carbons (Fsp3) is 0.684. The number of aryl methyl sites for hydroxylation is 1. The lowest BCUT2D eigenvalue weighted by atomic mass is 10.1. The normalized spacial score (nSPS) is 11.1. The van der Waals surface area contributed by atoms with Crippen LogP contribution in [0.1, 0.15) is 64.5 Å². The van der Waals surface area contributed by atoms with E-state index in [9.17, 15) is 0 Å². The summed E-state index contributed by atoms with van der Waals surface area (Å²) in [6.07, 6.45) is 5.08. The van der Waals surface area contributed by atoms with E-state index in [1.807, 2.05) is 0 Å². The summed E-state index contributed by atoms with van der Waals surface area (Å²) < 4.78 is 0. The third-order valence-electron chi connectivity index (χ3n) is 3.96. The molecular weight excluding hydrogens is 256 g/mol. The summed E-state index contributed by atoms with van der Waals surface area (Å²) in [5.41, 5.74) is 4.21. The van der Waals surface area contributed by atoms with E-state index in [4.69, 9.17) is 0 Å². The van der Waals surface area contributed by atoms with Gasteiger partial charge in [0.05, 0.1) is 0 Å². The smallest absolute Gasteiger partial charge is 0.0369 e. The van der Waals surface area contributed by atoms with Crippen molar-refractivity contribution in [3.63, 3.8) is 0 Å². The Labute approximate surface area is 131 Å². The lowest BCUT2D eigenvalue weighted by Gasteiger charge is -2.25. The van der Waals surface area contributed by atoms with Gasteiger partial charge in [-0.3, -0.25) is 0 Å². The third-order valence-corrected chi connectivity index (χ3v) is 3.96. The van der Waals surface area contributed by atoms with Crippen molar-refractivity contribution in [3.05, 3.63) is 29.3 Å². The zero-order valence-electron chi connectivity index (χ0n) is 14.7. The standard InChI is InChI=1S/C19H34N2/c1-6-8-12-21(13-9-7-2)19-11-10-18(17(5)14-19)15-20-16(3)4/h10-11,14,16,20H,6-9,12-13,15H2,1-5H3. The summed E-state index contributed by atoms with van der Waals surface area (Å²) in [7, 11) is 0. The lowest BCUT2D eigenvalue weighted by Crippen LogP contribution is -2.26. The molecule has 0 saturated heterocycles. The maximum atomic E-state index is 3.51. The second kappa shape index (κ2) is 9.83. The van der Waals surface area contributed by atoms with Gasteiger partial charge in [-0.15, -0.1) is 0 Å². The van der Waals surface area contributed by atoms with Gasteiger partial charge in [0.2, 0.25) is 0 Å². The topological polar surface area (TPSA) is 15.3 Å². The van der Waals surface area contributed by atoms with Crippen molar-refractivity contribution in [1.29, 1.82) is 0 Å². The van der Waals surface area contributed by atoms with Crippen LogP contribution in [0.15, 0.2) is 18.2 Å². The van der Waals surface area contributed by atoms with Crippen LogP contribution in [0.25, 0.3) is 0 Å². The third kappa shape index (κ3) is 6.52. The average molecular weight is 290 g/mol. The second-order valence-corrected chi connectivity index (χ2v) is 6.34. The molecule has 0 aromatic heterocycles. The Balaban J connectivity index is 2.76. The molecule has 0 aliphatic rings. The Kier molecular flexibility index (Phi) is 8.44. The van der Waals surface area contributed by atoms with Crippen molar-refractivity contribution in [1.82, 2.24) is 5.32 Å². The Morgan fingerprint density at radius 3 is 2.14 bits per heavy atom. The van der Waals surface area contributed by atoms with Gasteiger partial charge in [-0.1, -0.05) is 46.6 Å². The van der Waals surface area contributed by atoms with Crippen molar-refractivity contribution >= 4 is 5.69 Å². The first-order valence-corrected chi connectivity index (χ1v) is 8.66. The predicted octanol–water partition coefficient (Wildman–Crippen LogP) is 4.90. The lowest BCUT2D eigenvalue weighted by molar-refractivity contribution is 0.587. The number of unbranched alkanes of at least 4 members (excludes halogenated alkanes) is 2. The minimum Gasteiger partial charge on any atom is -0.372 e. The molecule has 0 radical (unpaired) electrons. The largest absolute Gasteiger partial charge is 0.372 e. The molecule has 0 aliphatic heterocycles. The van der Waals surface area contributed by atoms with Crippen LogP contribution in [0.3, 0.4) is 0 Å². The molecule has 1 N–H and O–H groups in total. The minimum atomic E-state index is 0.537. The SMILES string of the molecule is CCCCN(CCCC)c1ccc(CNC(C)C)c(C)c1. The van der Waals surface area contributed by atoms with Crippen molar-refractivity contribution in [2.45, 2.75) is 72.9 Å². The zero-order chi connectivity index (χ0) is 15.7. The van der Waals surface area contributed by atoms with Gasteiger partial charge >= 0.3 is 0 Å². The molecule has 1 aromatic rings. The van der Waals surface area contributed by atoms with Gasteiger partial charge < -0.3 is 10.2 Å². The van der Waals surface area contributed by atoms with Gasteiger partial charge in [-0.05, 0) is 43.0 Å². The highest BCUT2D eigenvalue weighted by Gasteiger charge is 2.08. The molecule has 1 rings (SSSR count). The molecular formula is C19H34N2. The van der Waals surface area contributed by atoms with E-state index in [2.05, 4.69) is 63.0 Å². The molecule has 0 atom stereocenters. The first-order valence-electron chi connectivity index (χ1n) is 8.66. The number of hydrogen-bond donors (Lipinski definition) is 1. The number of nitrogens with one attached hydrogen (secondary N) is 1. The predicted molar refractivity (Wildman–Crippen MR) is 95.2 cm³/mol. The maximum Gasteiger partial charge on any atom is 0.0369 e. The van der Waals surface area contributed by atoms with E-state index >= 15 is 0 Å². The average Bonchev–Trinajstić information content (AvgIpc) is 2.46. The van der Waals surface area contributed by atoms with Crippen LogP contribution in [0.5, 0.6) is 0 Å². The van der Waals surface area contributed by atoms with E-state index in [0.29, 0.717) is 6.04 Å². The highest BCUT2D eigenvalue weighted by Crippen LogP contribution is 2.20. The highest BCUT2D eigenvalue weighted by atomic mass is 15.1. The number of rotatable bonds is 10. The quantitative estimate of drug-likeness (QED) is 0.659. The number of anilines is 1. The molecule has 0 bridgehead atoms. The highest BCUT2D eigenvalue weighted by molar-refractivity contribution is 5.50. The van der Waals surface area contributed by atoms with Gasteiger partial charge in [0.15, 0.2) is 0 Å². The molecule has 1 aromatic carbocycles. The van der Waals surface area contributed by atoms with Crippen LogP contribution < -0.4 is 10.2 Å². The zero-order valence-corrected chi connectivity index (χ0v) is 14.7. The van der Waals surface area contributed by atoms with Gasteiger partial charge in [0.1, 0.15) is 0 Å². The summed E-state index contributed by atoms with van der Waals surface area (Å²) in [6, 6.07) is 7.50. The minimum absolute atomic E-state index is 0.537. The maximum absolute atomic E-state index is 3.51. The number of hydrogen-bond acceptors (Lipinski definition) is 2. The van der Waals surface area contributed by atoms with Crippen molar-refractivity contribution in [3.8, 4) is 0 Å².